The minimum Gasteiger partial charge on any atom is -0.356 e. The number of carbonyl (C=O) groups is 1. The molecule has 0 amide bonds. The predicted octanol–water partition coefficient (Wildman–Crippen LogP) is 3.11. The Morgan fingerprint density at radius 3 is 2.30 bits per heavy atom. The molecule has 1 aromatic rings. The molecule has 0 fully saturated rings. The minimum absolute atomic E-state index is 0.0589. The van der Waals surface area contributed by atoms with Gasteiger partial charge in [-0.15, -0.1) is 0 Å². The van der Waals surface area contributed by atoms with Gasteiger partial charge in [0.25, 0.3) is 0 Å². The van der Waals surface area contributed by atoms with E-state index in [0.29, 0.717) is 18.6 Å². The molecule has 2 atom stereocenters. The SMILES string of the molecule is CCOC(CC(Cc1cc(F)cc(F)c1)C(C)=O)OC. The maximum atomic E-state index is 13.2. The summed E-state index contributed by atoms with van der Waals surface area (Å²) < 4.78 is 36.8. The van der Waals surface area contributed by atoms with Gasteiger partial charge < -0.3 is 9.47 Å². The summed E-state index contributed by atoms with van der Waals surface area (Å²) in [6.07, 6.45) is 0.127. The second-order valence-corrected chi connectivity index (χ2v) is 4.65. The highest BCUT2D eigenvalue weighted by atomic mass is 19.1. The quantitative estimate of drug-likeness (QED) is 0.689. The van der Waals surface area contributed by atoms with Crippen LogP contribution >= 0.6 is 0 Å². The van der Waals surface area contributed by atoms with Gasteiger partial charge in [0.1, 0.15) is 17.4 Å². The average Bonchev–Trinajstić information content (AvgIpc) is 2.35. The molecule has 0 saturated carbocycles. The summed E-state index contributed by atoms with van der Waals surface area (Å²) >= 11 is 0. The summed E-state index contributed by atoms with van der Waals surface area (Å²) in [6, 6.07) is 3.29. The first-order valence-electron chi connectivity index (χ1n) is 6.56. The fourth-order valence-electron chi connectivity index (χ4n) is 2.06. The summed E-state index contributed by atoms with van der Waals surface area (Å²) in [6.45, 7) is 3.76. The first-order chi connectivity index (χ1) is 9.46. The smallest absolute Gasteiger partial charge is 0.157 e. The third-order valence-corrected chi connectivity index (χ3v) is 3.07. The van der Waals surface area contributed by atoms with Crippen molar-refractivity contribution in [2.24, 2.45) is 5.92 Å². The van der Waals surface area contributed by atoms with Crippen LogP contribution in [0.25, 0.3) is 0 Å². The lowest BCUT2D eigenvalue weighted by Gasteiger charge is -2.21. The lowest BCUT2D eigenvalue weighted by atomic mass is 9.92. The van der Waals surface area contributed by atoms with Crippen molar-refractivity contribution >= 4 is 5.78 Å². The zero-order chi connectivity index (χ0) is 15.1. The Labute approximate surface area is 117 Å². The number of ether oxygens (including phenoxy) is 2. The van der Waals surface area contributed by atoms with E-state index in [1.54, 1.807) is 0 Å². The summed E-state index contributed by atoms with van der Waals surface area (Å²) in [4.78, 5) is 11.7. The number of Topliss-reactive ketones (excluding diaryl/α,β-unsaturated/α-hetero) is 1. The van der Waals surface area contributed by atoms with Crippen LogP contribution in [0.5, 0.6) is 0 Å². The van der Waals surface area contributed by atoms with Crippen LogP contribution in [0.4, 0.5) is 8.78 Å². The van der Waals surface area contributed by atoms with Gasteiger partial charge >= 0.3 is 0 Å². The van der Waals surface area contributed by atoms with Gasteiger partial charge in [-0.1, -0.05) is 0 Å². The minimum atomic E-state index is -0.643. The molecule has 0 aromatic heterocycles. The van der Waals surface area contributed by atoms with Crippen LogP contribution in [-0.2, 0) is 20.7 Å². The molecule has 20 heavy (non-hydrogen) atoms. The van der Waals surface area contributed by atoms with Crippen molar-refractivity contribution in [3.05, 3.63) is 35.4 Å². The molecule has 0 N–H and O–H groups in total. The van der Waals surface area contributed by atoms with Crippen LogP contribution in [0.1, 0.15) is 25.8 Å². The lowest BCUT2D eigenvalue weighted by Crippen LogP contribution is -2.25. The van der Waals surface area contributed by atoms with E-state index in [1.807, 2.05) is 6.92 Å². The summed E-state index contributed by atoms with van der Waals surface area (Å²) in [7, 11) is 1.50. The molecule has 0 bridgehead atoms. The maximum absolute atomic E-state index is 13.2. The molecule has 0 aliphatic carbocycles. The Hall–Kier alpha value is -1.33. The molecule has 2 unspecified atom stereocenters. The summed E-state index contributed by atoms with van der Waals surface area (Å²) in [5.74, 6) is -1.74. The van der Waals surface area contributed by atoms with Gasteiger partial charge in [0.15, 0.2) is 6.29 Å². The highest BCUT2D eigenvalue weighted by Crippen LogP contribution is 2.19. The van der Waals surface area contributed by atoms with Gasteiger partial charge in [-0.25, -0.2) is 8.78 Å². The molecular formula is C15H20F2O3. The lowest BCUT2D eigenvalue weighted by molar-refractivity contribution is -0.141. The monoisotopic (exact) mass is 286 g/mol. The molecule has 1 aromatic carbocycles. The fourth-order valence-corrected chi connectivity index (χ4v) is 2.06. The first-order valence-corrected chi connectivity index (χ1v) is 6.56. The van der Waals surface area contributed by atoms with E-state index in [0.717, 1.165) is 6.07 Å². The molecular weight excluding hydrogens is 266 g/mol. The van der Waals surface area contributed by atoms with Gasteiger partial charge in [-0.2, -0.15) is 0 Å². The number of carbonyl (C=O) groups excluding carboxylic acids is 1. The first kappa shape index (κ1) is 16.7. The number of hydrogen-bond donors (Lipinski definition) is 0. The van der Waals surface area contributed by atoms with Crippen LogP contribution in [0, 0.1) is 17.6 Å². The van der Waals surface area contributed by atoms with Crippen molar-refractivity contribution in [1.29, 1.82) is 0 Å². The number of hydrogen-bond acceptors (Lipinski definition) is 3. The zero-order valence-corrected chi connectivity index (χ0v) is 12.0. The van der Waals surface area contributed by atoms with Gasteiger partial charge in [0.2, 0.25) is 0 Å². The molecule has 0 heterocycles. The van der Waals surface area contributed by atoms with Crippen LogP contribution in [0.15, 0.2) is 18.2 Å². The molecule has 1 rings (SSSR count). The number of methoxy groups -OCH3 is 1. The number of rotatable bonds is 8. The number of halogens is 2. The highest BCUT2D eigenvalue weighted by molar-refractivity contribution is 5.78. The van der Waals surface area contributed by atoms with Gasteiger partial charge in [0, 0.05) is 32.1 Å². The van der Waals surface area contributed by atoms with E-state index < -0.39 is 23.8 Å². The van der Waals surface area contributed by atoms with Gasteiger partial charge in [0.05, 0.1) is 0 Å². The largest absolute Gasteiger partial charge is 0.356 e. The molecule has 0 spiro atoms. The third kappa shape index (κ3) is 5.35. The fraction of sp³-hybridized carbons (Fsp3) is 0.533. The van der Waals surface area contributed by atoms with Crippen LogP contribution in [0.2, 0.25) is 0 Å². The van der Waals surface area contributed by atoms with E-state index in [9.17, 15) is 13.6 Å². The van der Waals surface area contributed by atoms with Crippen molar-refractivity contribution in [1.82, 2.24) is 0 Å². The van der Waals surface area contributed by atoms with Crippen LogP contribution in [-0.4, -0.2) is 25.8 Å². The van der Waals surface area contributed by atoms with E-state index in [-0.39, 0.29) is 12.2 Å². The average molecular weight is 286 g/mol. The van der Waals surface area contributed by atoms with Crippen LogP contribution < -0.4 is 0 Å². The summed E-state index contributed by atoms with van der Waals surface area (Å²) in [5, 5.41) is 0. The van der Waals surface area contributed by atoms with Crippen molar-refractivity contribution in [3.8, 4) is 0 Å². The van der Waals surface area contributed by atoms with E-state index in [2.05, 4.69) is 0 Å². The van der Waals surface area contributed by atoms with Crippen molar-refractivity contribution in [3.63, 3.8) is 0 Å². The number of ketones is 1. The van der Waals surface area contributed by atoms with E-state index in [4.69, 9.17) is 9.47 Å². The normalized spacial score (nSPS) is 14.1. The zero-order valence-electron chi connectivity index (χ0n) is 12.0. The molecule has 0 aliphatic rings. The Morgan fingerprint density at radius 1 is 1.25 bits per heavy atom. The third-order valence-electron chi connectivity index (χ3n) is 3.07. The molecule has 0 saturated heterocycles. The predicted molar refractivity (Wildman–Crippen MR) is 71.3 cm³/mol. The Morgan fingerprint density at radius 2 is 1.85 bits per heavy atom. The number of benzene rings is 1. The van der Waals surface area contributed by atoms with E-state index in [1.165, 1.54) is 26.2 Å². The maximum Gasteiger partial charge on any atom is 0.157 e. The molecule has 0 aliphatic heterocycles. The molecule has 0 radical (unpaired) electrons. The second kappa shape index (κ2) is 8.07. The van der Waals surface area contributed by atoms with Gasteiger partial charge in [-0.05, 0) is 38.0 Å². The standard InChI is InChI=1S/C15H20F2O3/c1-4-20-15(19-3)8-12(10(2)18)5-11-6-13(16)9-14(17)7-11/h6-7,9,12,15H,4-5,8H2,1-3H3. The van der Waals surface area contributed by atoms with Crippen molar-refractivity contribution in [2.45, 2.75) is 33.0 Å². The molecule has 5 heteroatoms. The Bertz CT molecular complexity index is 428. The van der Waals surface area contributed by atoms with E-state index >= 15 is 0 Å². The summed E-state index contributed by atoms with van der Waals surface area (Å²) in [5.41, 5.74) is 0.453. The molecule has 3 nitrogen and oxygen atoms in total. The Kier molecular flexibility index (Phi) is 6.75. The van der Waals surface area contributed by atoms with Gasteiger partial charge in [-0.3, -0.25) is 4.79 Å². The van der Waals surface area contributed by atoms with Crippen molar-refractivity contribution in [2.75, 3.05) is 13.7 Å². The topological polar surface area (TPSA) is 35.5 Å². The Balaban J connectivity index is 2.78. The van der Waals surface area contributed by atoms with Crippen LogP contribution in [0.3, 0.4) is 0 Å². The highest BCUT2D eigenvalue weighted by Gasteiger charge is 2.21. The second-order valence-electron chi connectivity index (χ2n) is 4.65. The van der Waals surface area contributed by atoms with Crippen molar-refractivity contribution < 1.29 is 23.0 Å². The molecule has 112 valence electrons.